The lowest BCUT2D eigenvalue weighted by Crippen LogP contribution is -2.37. The molecule has 0 saturated carbocycles. The molecule has 0 radical (unpaired) electrons. The van der Waals surface area contributed by atoms with Gasteiger partial charge in [-0.1, -0.05) is 0 Å². The number of amides is 1. The molecule has 0 aromatic carbocycles. The second kappa shape index (κ2) is 5.27. The second-order valence-corrected chi connectivity index (χ2v) is 3.85. The van der Waals surface area contributed by atoms with E-state index in [1.54, 1.807) is 14.2 Å². The molecule has 0 aromatic heterocycles. The predicted molar refractivity (Wildman–Crippen MR) is 55.0 cm³/mol. The van der Waals surface area contributed by atoms with Crippen molar-refractivity contribution in [1.29, 1.82) is 0 Å². The highest BCUT2D eigenvalue weighted by molar-refractivity contribution is 5.96. The van der Waals surface area contributed by atoms with Crippen molar-refractivity contribution in [2.75, 3.05) is 27.3 Å². The first-order valence-corrected chi connectivity index (χ1v) is 5.08. The van der Waals surface area contributed by atoms with Crippen LogP contribution in [0.3, 0.4) is 0 Å². The second-order valence-electron chi connectivity index (χ2n) is 3.85. The van der Waals surface area contributed by atoms with E-state index in [9.17, 15) is 9.59 Å². The smallest absolute Gasteiger partial charge is 0.315 e. The van der Waals surface area contributed by atoms with Crippen molar-refractivity contribution in [3.8, 4) is 0 Å². The summed E-state index contributed by atoms with van der Waals surface area (Å²) in [6.45, 7) is 2.14. The van der Waals surface area contributed by atoms with Gasteiger partial charge in [0.15, 0.2) is 0 Å². The standard InChI is InChI=1S/C10H17NO5/c1-6(10(13)14)9(12)11-4-7(15-2)8(5-11)16-3/h6-8H,4-5H2,1-3H3,(H,13,14). The van der Waals surface area contributed by atoms with E-state index in [0.717, 1.165) is 0 Å². The predicted octanol–water partition coefficient (Wildman–Crippen LogP) is -0.421. The summed E-state index contributed by atoms with van der Waals surface area (Å²) in [4.78, 5) is 23.9. The van der Waals surface area contributed by atoms with E-state index in [0.29, 0.717) is 13.1 Å². The van der Waals surface area contributed by atoms with Gasteiger partial charge < -0.3 is 19.5 Å². The van der Waals surface area contributed by atoms with Gasteiger partial charge in [-0.3, -0.25) is 9.59 Å². The minimum atomic E-state index is -1.11. The molecule has 6 nitrogen and oxygen atoms in total. The van der Waals surface area contributed by atoms with Crippen molar-refractivity contribution < 1.29 is 24.2 Å². The van der Waals surface area contributed by atoms with Gasteiger partial charge in [0.2, 0.25) is 5.91 Å². The molecule has 1 saturated heterocycles. The molecule has 1 aliphatic rings. The fourth-order valence-electron chi connectivity index (χ4n) is 1.76. The molecule has 1 N–H and O–H groups in total. The third-order valence-electron chi connectivity index (χ3n) is 2.87. The van der Waals surface area contributed by atoms with Crippen LogP contribution in [0.2, 0.25) is 0 Å². The number of hydrogen-bond donors (Lipinski definition) is 1. The van der Waals surface area contributed by atoms with E-state index in [-0.39, 0.29) is 12.2 Å². The van der Waals surface area contributed by atoms with E-state index in [2.05, 4.69) is 0 Å². The van der Waals surface area contributed by atoms with Crippen molar-refractivity contribution >= 4 is 11.9 Å². The quantitative estimate of drug-likeness (QED) is 0.665. The van der Waals surface area contributed by atoms with Crippen LogP contribution in [0.15, 0.2) is 0 Å². The summed E-state index contributed by atoms with van der Waals surface area (Å²) in [5, 5.41) is 8.75. The van der Waals surface area contributed by atoms with E-state index in [1.165, 1.54) is 11.8 Å². The van der Waals surface area contributed by atoms with E-state index >= 15 is 0 Å². The Morgan fingerprint density at radius 1 is 1.25 bits per heavy atom. The molecule has 1 rings (SSSR count). The molecule has 0 spiro atoms. The van der Waals surface area contributed by atoms with Crippen molar-refractivity contribution in [1.82, 2.24) is 4.90 Å². The van der Waals surface area contributed by atoms with Crippen LogP contribution in [0.1, 0.15) is 6.92 Å². The van der Waals surface area contributed by atoms with E-state index in [1.807, 2.05) is 0 Å². The molecule has 3 unspecified atom stereocenters. The summed E-state index contributed by atoms with van der Waals surface area (Å²) >= 11 is 0. The average molecular weight is 231 g/mol. The van der Waals surface area contributed by atoms with Crippen LogP contribution in [0, 0.1) is 5.92 Å². The number of carboxylic acids is 1. The third kappa shape index (κ3) is 2.51. The van der Waals surface area contributed by atoms with E-state index < -0.39 is 17.8 Å². The molecule has 1 amide bonds. The summed E-state index contributed by atoms with van der Waals surface area (Å²) in [5.41, 5.74) is 0. The first kappa shape index (κ1) is 12.9. The Kier molecular flexibility index (Phi) is 4.26. The van der Waals surface area contributed by atoms with Crippen molar-refractivity contribution in [3.63, 3.8) is 0 Å². The number of hydrogen-bond acceptors (Lipinski definition) is 4. The fraction of sp³-hybridized carbons (Fsp3) is 0.800. The van der Waals surface area contributed by atoms with Crippen LogP contribution in [0.5, 0.6) is 0 Å². The number of nitrogens with zero attached hydrogens (tertiary/aromatic N) is 1. The van der Waals surface area contributed by atoms with Crippen molar-refractivity contribution in [2.45, 2.75) is 19.1 Å². The molecule has 1 heterocycles. The lowest BCUT2D eigenvalue weighted by atomic mass is 10.1. The highest BCUT2D eigenvalue weighted by Gasteiger charge is 2.38. The molecule has 1 fully saturated rings. The largest absolute Gasteiger partial charge is 0.481 e. The van der Waals surface area contributed by atoms with Gasteiger partial charge in [0.1, 0.15) is 18.1 Å². The van der Waals surface area contributed by atoms with Crippen molar-refractivity contribution in [2.24, 2.45) is 5.92 Å². The Hall–Kier alpha value is -1.14. The number of ether oxygens (including phenoxy) is 2. The minimum Gasteiger partial charge on any atom is -0.481 e. The zero-order chi connectivity index (χ0) is 12.3. The number of likely N-dealkylation sites (tertiary alicyclic amines) is 1. The molecule has 0 aromatic rings. The summed E-state index contributed by atoms with van der Waals surface area (Å²) in [6.07, 6.45) is -0.370. The van der Waals surface area contributed by atoms with Crippen LogP contribution in [0.25, 0.3) is 0 Å². The van der Waals surface area contributed by atoms with Crippen LogP contribution in [-0.4, -0.2) is 61.4 Å². The molecule has 3 atom stereocenters. The maximum absolute atomic E-state index is 11.7. The lowest BCUT2D eigenvalue weighted by molar-refractivity contribution is -0.150. The summed E-state index contributed by atoms with van der Waals surface area (Å²) < 4.78 is 10.3. The normalized spacial score (nSPS) is 26.8. The highest BCUT2D eigenvalue weighted by atomic mass is 16.5. The molecule has 0 bridgehead atoms. The Labute approximate surface area is 94.1 Å². The molecule has 16 heavy (non-hydrogen) atoms. The minimum absolute atomic E-state index is 0.185. The molecule has 0 aliphatic carbocycles. The maximum Gasteiger partial charge on any atom is 0.315 e. The van der Waals surface area contributed by atoms with Crippen LogP contribution < -0.4 is 0 Å². The Morgan fingerprint density at radius 2 is 1.69 bits per heavy atom. The first-order valence-electron chi connectivity index (χ1n) is 5.08. The monoisotopic (exact) mass is 231 g/mol. The Morgan fingerprint density at radius 3 is 2.00 bits per heavy atom. The van der Waals surface area contributed by atoms with E-state index in [4.69, 9.17) is 14.6 Å². The zero-order valence-electron chi connectivity index (χ0n) is 9.67. The number of carboxylic acid groups (broad SMARTS) is 1. The fourth-order valence-corrected chi connectivity index (χ4v) is 1.76. The van der Waals surface area contributed by atoms with Crippen LogP contribution in [-0.2, 0) is 19.1 Å². The topological polar surface area (TPSA) is 76.1 Å². The molecule has 6 heteroatoms. The van der Waals surface area contributed by atoms with Gasteiger partial charge in [-0.25, -0.2) is 0 Å². The van der Waals surface area contributed by atoms with Crippen LogP contribution >= 0.6 is 0 Å². The number of methoxy groups -OCH3 is 2. The summed E-state index contributed by atoms with van der Waals surface area (Å²) in [6, 6.07) is 0. The Bertz CT molecular complexity index is 268. The van der Waals surface area contributed by atoms with Gasteiger partial charge in [0, 0.05) is 27.3 Å². The lowest BCUT2D eigenvalue weighted by Gasteiger charge is -2.18. The van der Waals surface area contributed by atoms with Gasteiger partial charge in [-0.05, 0) is 6.92 Å². The molecule has 92 valence electrons. The third-order valence-corrected chi connectivity index (χ3v) is 2.87. The van der Waals surface area contributed by atoms with Crippen LogP contribution in [0.4, 0.5) is 0 Å². The Balaban J connectivity index is 2.64. The van der Waals surface area contributed by atoms with Gasteiger partial charge in [-0.2, -0.15) is 0 Å². The summed E-state index contributed by atoms with van der Waals surface area (Å²) in [7, 11) is 3.09. The number of carbonyl (C=O) groups excluding carboxylic acids is 1. The van der Waals surface area contributed by atoms with Gasteiger partial charge in [0.05, 0.1) is 0 Å². The first-order chi connectivity index (χ1) is 7.51. The van der Waals surface area contributed by atoms with Gasteiger partial charge >= 0.3 is 5.97 Å². The highest BCUT2D eigenvalue weighted by Crippen LogP contribution is 2.18. The number of aliphatic carboxylic acids is 1. The number of rotatable bonds is 4. The van der Waals surface area contributed by atoms with Gasteiger partial charge in [0.25, 0.3) is 0 Å². The SMILES string of the molecule is COC1CN(C(=O)C(C)C(=O)O)CC1OC. The van der Waals surface area contributed by atoms with Gasteiger partial charge in [-0.15, -0.1) is 0 Å². The maximum atomic E-state index is 11.7. The molecule has 1 aliphatic heterocycles. The zero-order valence-corrected chi connectivity index (χ0v) is 9.67. The number of carbonyl (C=O) groups is 2. The molecular formula is C10H17NO5. The molecular weight excluding hydrogens is 214 g/mol. The summed E-state index contributed by atoms with van der Waals surface area (Å²) in [5.74, 6) is -2.53. The van der Waals surface area contributed by atoms with Crippen molar-refractivity contribution in [3.05, 3.63) is 0 Å². The average Bonchev–Trinajstić information content (AvgIpc) is 2.69.